The molecule has 3 aromatic rings. The molecule has 0 bridgehead atoms. The zero-order valence-corrected chi connectivity index (χ0v) is 15.7. The Morgan fingerprint density at radius 2 is 1.86 bits per heavy atom. The molecule has 8 heteroatoms. The number of rotatable bonds is 6. The SMILES string of the molecule is COCC1CN(c2cc(C)cc(Nc3ncn(-c4cc(F)cc(F)c4)n3)c2)C1.[HH]. The van der Waals surface area contributed by atoms with Crippen molar-refractivity contribution in [3.05, 3.63) is 59.9 Å². The van der Waals surface area contributed by atoms with E-state index in [-0.39, 0.29) is 7.11 Å². The van der Waals surface area contributed by atoms with E-state index in [1.165, 1.54) is 23.1 Å². The van der Waals surface area contributed by atoms with Gasteiger partial charge >= 0.3 is 0 Å². The van der Waals surface area contributed by atoms with E-state index in [4.69, 9.17) is 4.74 Å². The van der Waals surface area contributed by atoms with E-state index in [1.807, 2.05) is 19.1 Å². The number of hydrogen-bond donors (Lipinski definition) is 1. The maximum absolute atomic E-state index is 13.4. The number of aryl methyl sites for hydroxylation is 1. The van der Waals surface area contributed by atoms with Gasteiger partial charge in [0.2, 0.25) is 5.95 Å². The fourth-order valence-electron chi connectivity index (χ4n) is 3.38. The summed E-state index contributed by atoms with van der Waals surface area (Å²) in [5.41, 5.74) is 3.37. The van der Waals surface area contributed by atoms with Gasteiger partial charge in [-0.3, -0.25) is 0 Å². The summed E-state index contributed by atoms with van der Waals surface area (Å²) < 4.78 is 33.4. The molecule has 28 heavy (non-hydrogen) atoms. The van der Waals surface area contributed by atoms with Crippen LogP contribution in [0.15, 0.2) is 42.7 Å². The third kappa shape index (κ3) is 3.96. The minimum absolute atomic E-state index is 0. The molecule has 1 aliphatic rings. The van der Waals surface area contributed by atoms with E-state index in [2.05, 4.69) is 26.4 Å². The van der Waals surface area contributed by atoms with Gasteiger partial charge in [0.1, 0.15) is 18.0 Å². The molecule has 2 heterocycles. The highest BCUT2D eigenvalue weighted by atomic mass is 19.1. The van der Waals surface area contributed by atoms with Crippen LogP contribution in [0.5, 0.6) is 0 Å². The standard InChI is InChI=1S/C20H21F2N5O.H2/c1-13-3-17(8-18(4-13)26-9-14(10-26)11-28-2)24-20-23-12-27(25-20)19-6-15(21)5-16(22)7-19;/h3-8,12,14H,9-11H2,1-2H3,(H,24,25);1H. The monoisotopic (exact) mass is 387 g/mol. The van der Waals surface area contributed by atoms with E-state index in [9.17, 15) is 8.78 Å². The molecule has 0 atom stereocenters. The molecular weight excluding hydrogens is 364 g/mol. The van der Waals surface area contributed by atoms with Crippen LogP contribution < -0.4 is 10.2 Å². The van der Waals surface area contributed by atoms with Crippen LogP contribution in [0, 0.1) is 24.5 Å². The van der Waals surface area contributed by atoms with Crippen molar-refractivity contribution in [1.29, 1.82) is 0 Å². The Balaban J connectivity index is 0.00000240. The van der Waals surface area contributed by atoms with Crippen LogP contribution in [0.2, 0.25) is 0 Å². The first-order valence-electron chi connectivity index (χ1n) is 9.01. The van der Waals surface area contributed by atoms with Crippen LogP contribution in [-0.2, 0) is 4.74 Å². The van der Waals surface area contributed by atoms with E-state index < -0.39 is 11.6 Å². The largest absolute Gasteiger partial charge is 0.384 e. The number of nitrogens with zero attached hydrogens (tertiary/aromatic N) is 4. The Hall–Kier alpha value is -3.00. The topological polar surface area (TPSA) is 55.2 Å². The van der Waals surface area contributed by atoms with Crippen molar-refractivity contribution in [2.45, 2.75) is 6.92 Å². The highest BCUT2D eigenvalue weighted by Gasteiger charge is 2.27. The zero-order valence-electron chi connectivity index (χ0n) is 15.7. The second-order valence-corrected chi connectivity index (χ2v) is 7.05. The second kappa shape index (κ2) is 7.55. The molecule has 0 amide bonds. The summed E-state index contributed by atoms with van der Waals surface area (Å²) in [4.78, 5) is 6.48. The molecule has 4 rings (SSSR count). The number of nitrogens with one attached hydrogen (secondary N) is 1. The zero-order chi connectivity index (χ0) is 19.7. The van der Waals surface area contributed by atoms with Crippen LogP contribution in [-0.4, -0.2) is 41.6 Å². The predicted molar refractivity (Wildman–Crippen MR) is 105 cm³/mol. The first-order chi connectivity index (χ1) is 13.5. The highest BCUT2D eigenvalue weighted by Crippen LogP contribution is 2.29. The smallest absolute Gasteiger partial charge is 0.246 e. The Labute approximate surface area is 163 Å². The van der Waals surface area contributed by atoms with Gasteiger partial charge in [-0.25, -0.2) is 13.5 Å². The molecule has 1 saturated heterocycles. The summed E-state index contributed by atoms with van der Waals surface area (Å²) in [6, 6.07) is 9.40. The molecule has 1 aliphatic heterocycles. The third-order valence-corrected chi connectivity index (χ3v) is 4.65. The number of aromatic nitrogens is 3. The summed E-state index contributed by atoms with van der Waals surface area (Å²) in [5.74, 6) is -0.414. The average Bonchev–Trinajstić information content (AvgIpc) is 3.05. The van der Waals surface area contributed by atoms with Gasteiger partial charge in [-0.1, -0.05) is 0 Å². The first-order valence-corrected chi connectivity index (χ1v) is 9.01. The molecule has 0 saturated carbocycles. The van der Waals surface area contributed by atoms with Crippen molar-refractivity contribution in [3.8, 4) is 5.69 Å². The molecule has 0 unspecified atom stereocenters. The van der Waals surface area contributed by atoms with Crippen LogP contribution in [0.1, 0.15) is 6.99 Å². The first kappa shape index (κ1) is 18.4. The number of halogens is 2. The lowest BCUT2D eigenvalue weighted by molar-refractivity contribution is 0.137. The summed E-state index contributed by atoms with van der Waals surface area (Å²) in [6.45, 7) is 4.74. The van der Waals surface area contributed by atoms with E-state index in [1.54, 1.807) is 7.11 Å². The highest BCUT2D eigenvalue weighted by molar-refractivity contribution is 5.64. The third-order valence-electron chi connectivity index (χ3n) is 4.65. The lowest BCUT2D eigenvalue weighted by Crippen LogP contribution is -2.48. The van der Waals surface area contributed by atoms with E-state index >= 15 is 0 Å². The Bertz CT molecular complexity index is 971. The normalized spacial score (nSPS) is 14.2. The summed E-state index contributed by atoms with van der Waals surface area (Å²) in [6.07, 6.45) is 1.41. The van der Waals surface area contributed by atoms with Gasteiger partial charge in [0, 0.05) is 45.0 Å². The lowest BCUT2D eigenvalue weighted by Gasteiger charge is -2.41. The van der Waals surface area contributed by atoms with Crippen LogP contribution >= 0.6 is 0 Å². The summed E-state index contributed by atoms with van der Waals surface area (Å²) >= 11 is 0. The predicted octanol–water partition coefficient (Wildman–Crippen LogP) is 3.93. The fraction of sp³-hybridized carbons (Fsp3) is 0.300. The molecule has 1 aromatic heterocycles. The molecular formula is C20H23F2N5O. The molecule has 0 spiro atoms. The Kier molecular flexibility index (Phi) is 4.95. The van der Waals surface area contributed by atoms with Crippen LogP contribution in [0.25, 0.3) is 5.69 Å². The minimum atomic E-state index is -0.662. The molecule has 1 fully saturated rings. The van der Waals surface area contributed by atoms with Crippen LogP contribution in [0.4, 0.5) is 26.1 Å². The van der Waals surface area contributed by atoms with Gasteiger partial charge in [0.05, 0.1) is 12.3 Å². The number of anilines is 3. The Morgan fingerprint density at radius 1 is 1.11 bits per heavy atom. The molecule has 0 radical (unpaired) electrons. The van der Waals surface area contributed by atoms with Gasteiger partial charge in [-0.15, -0.1) is 5.10 Å². The van der Waals surface area contributed by atoms with Gasteiger partial charge in [-0.2, -0.15) is 4.98 Å². The average molecular weight is 387 g/mol. The molecule has 148 valence electrons. The van der Waals surface area contributed by atoms with E-state index in [0.29, 0.717) is 11.9 Å². The van der Waals surface area contributed by atoms with E-state index in [0.717, 1.165) is 42.7 Å². The maximum atomic E-state index is 13.4. The minimum Gasteiger partial charge on any atom is -0.384 e. The van der Waals surface area contributed by atoms with Crippen molar-refractivity contribution < 1.29 is 14.9 Å². The lowest BCUT2D eigenvalue weighted by atomic mass is 9.99. The summed E-state index contributed by atoms with van der Waals surface area (Å²) in [5, 5.41) is 7.43. The van der Waals surface area contributed by atoms with Crippen molar-refractivity contribution in [2.75, 3.05) is 37.0 Å². The maximum Gasteiger partial charge on any atom is 0.246 e. The molecule has 2 aromatic carbocycles. The number of ether oxygens (including phenoxy) is 1. The summed E-state index contributed by atoms with van der Waals surface area (Å²) in [7, 11) is 1.72. The number of benzene rings is 2. The van der Waals surface area contributed by atoms with Gasteiger partial charge in [0.25, 0.3) is 0 Å². The van der Waals surface area contributed by atoms with Crippen molar-refractivity contribution in [2.24, 2.45) is 5.92 Å². The van der Waals surface area contributed by atoms with Crippen molar-refractivity contribution in [3.63, 3.8) is 0 Å². The Morgan fingerprint density at radius 3 is 2.57 bits per heavy atom. The number of methoxy groups -OCH3 is 1. The van der Waals surface area contributed by atoms with Crippen molar-refractivity contribution in [1.82, 2.24) is 14.8 Å². The second-order valence-electron chi connectivity index (χ2n) is 7.05. The van der Waals surface area contributed by atoms with Crippen molar-refractivity contribution >= 4 is 17.3 Å². The molecule has 0 aliphatic carbocycles. The molecule has 6 nitrogen and oxygen atoms in total. The van der Waals surface area contributed by atoms with Gasteiger partial charge in [0.15, 0.2) is 0 Å². The fourth-order valence-corrected chi connectivity index (χ4v) is 3.38. The quantitative estimate of drug-likeness (QED) is 0.695. The molecule has 1 N–H and O–H groups in total. The van der Waals surface area contributed by atoms with Gasteiger partial charge < -0.3 is 15.0 Å². The van der Waals surface area contributed by atoms with Crippen LogP contribution in [0.3, 0.4) is 0 Å². The van der Waals surface area contributed by atoms with Gasteiger partial charge in [-0.05, 0) is 42.8 Å². The number of hydrogen-bond acceptors (Lipinski definition) is 5.